The van der Waals surface area contributed by atoms with E-state index < -0.39 is 20.5 Å². The van der Waals surface area contributed by atoms with Crippen molar-refractivity contribution in [1.29, 1.82) is 0 Å². The zero-order valence-electron chi connectivity index (χ0n) is 18.5. The van der Waals surface area contributed by atoms with Crippen molar-refractivity contribution in [3.8, 4) is 11.1 Å². The summed E-state index contributed by atoms with van der Waals surface area (Å²) in [5.74, 6) is 0.102. The van der Waals surface area contributed by atoms with Gasteiger partial charge in [0, 0.05) is 12.9 Å². The molecule has 1 saturated carbocycles. The average Bonchev–Trinajstić information content (AvgIpc) is 2.76. The van der Waals surface area contributed by atoms with Gasteiger partial charge in [-0.1, -0.05) is 60.7 Å². The van der Waals surface area contributed by atoms with Crippen LogP contribution < -0.4 is 5.48 Å². The van der Waals surface area contributed by atoms with Crippen LogP contribution in [0, 0.1) is 11.8 Å². The maximum Gasteiger partial charge on any atom is 0.264 e. The molecule has 3 rings (SSSR count). The Morgan fingerprint density at radius 3 is 2.16 bits per heavy atom. The average molecular weight is 458 g/mol. The molecule has 0 bridgehead atoms. The second kappa shape index (κ2) is 9.98. The molecule has 3 N–H and O–H groups in total. The van der Waals surface area contributed by atoms with Crippen molar-refractivity contribution in [2.75, 3.05) is 12.9 Å². The molecule has 2 aromatic rings. The van der Waals surface area contributed by atoms with Gasteiger partial charge >= 0.3 is 0 Å². The number of aryl methyl sites for hydroxylation is 1. The number of aliphatic hydroxyl groups is 1. The molecule has 172 valence electrons. The van der Waals surface area contributed by atoms with Crippen LogP contribution in [0.5, 0.6) is 0 Å². The largest absolute Gasteiger partial charge is 0.396 e. The summed E-state index contributed by atoms with van der Waals surface area (Å²) in [7, 11) is -3.70. The molecule has 6 nitrogen and oxygen atoms in total. The van der Waals surface area contributed by atoms with Crippen molar-refractivity contribution in [2.45, 2.75) is 37.4 Å². The Hall–Kier alpha value is -2.48. The molecule has 0 saturated heterocycles. The lowest BCUT2D eigenvalue weighted by Crippen LogP contribution is -2.49. The molecule has 1 unspecified atom stereocenters. The monoisotopic (exact) mass is 457 g/mol. The molecular formula is C25H31NO5S. The van der Waals surface area contributed by atoms with Crippen LogP contribution in [0.25, 0.3) is 17.2 Å². The van der Waals surface area contributed by atoms with Gasteiger partial charge in [0.2, 0.25) is 0 Å². The Kier molecular flexibility index (Phi) is 7.54. The van der Waals surface area contributed by atoms with Gasteiger partial charge < -0.3 is 5.11 Å². The van der Waals surface area contributed by atoms with Crippen LogP contribution in [0.1, 0.15) is 37.3 Å². The molecule has 1 aliphatic rings. The van der Waals surface area contributed by atoms with Crippen molar-refractivity contribution < 1.29 is 23.5 Å². The number of carbonyl (C=O) groups is 1. The van der Waals surface area contributed by atoms with Crippen molar-refractivity contribution in [3.05, 3.63) is 65.7 Å². The number of rotatable bonds is 9. The highest BCUT2D eigenvalue weighted by atomic mass is 32.2. The topological polar surface area (TPSA) is 104 Å². The van der Waals surface area contributed by atoms with E-state index in [1.54, 1.807) is 0 Å². The molecule has 7 heteroatoms. The predicted octanol–water partition coefficient (Wildman–Crippen LogP) is 3.63. The highest BCUT2D eigenvalue weighted by Gasteiger charge is 2.43. The van der Waals surface area contributed by atoms with E-state index in [2.05, 4.69) is 36.4 Å². The third kappa shape index (κ3) is 5.46. The van der Waals surface area contributed by atoms with E-state index in [4.69, 9.17) is 10.3 Å². The second-order valence-electron chi connectivity index (χ2n) is 8.90. The van der Waals surface area contributed by atoms with Crippen molar-refractivity contribution >= 4 is 21.8 Å². The number of sulfone groups is 1. The molecule has 1 aliphatic carbocycles. The van der Waals surface area contributed by atoms with E-state index in [0.717, 1.165) is 41.4 Å². The van der Waals surface area contributed by atoms with Gasteiger partial charge in [0.1, 0.15) is 4.75 Å². The highest BCUT2D eigenvalue weighted by molar-refractivity contribution is 7.92. The number of nitrogens with one attached hydrogen (secondary N) is 1. The summed E-state index contributed by atoms with van der Waals surface area (Å²) in [6.07, 6.45) is 7.93. The Bertz CT molecular complexity index is 1050. The Morgan fingerprint density at radius 2 is 1.66 bits per heavy atom. The first-order valence-corrected chi connectivity index (χ1v) is 12.7. The number of hydrogen-bond donors (Lipinski definition) is 3. The smallest absolute Gasteiger partial charge is 0.264 e. The van der Waals surface area contributed by atoms with E-state index in [0.29, 0.717) is 18.3 Å². The molecule has 0 aliphatic heterocycles. The van der Waals surface area contributed by atoms with Gasteiger partial charge in [-0.2, -0.15) is 0 Å². The summed E-state index contributed by atoms with van der Waals surface area (Å²) in [6.45, 7) is 1.61. The van der Waals surface area contributed by atoms with Crippen LogP contribution in [-0.2, 0) is 21.1 Å². The van der Waals surface area contributed by atoms with Crippen LogP contribution in [0.2, 0.25) is 0 Å². The van der Waals surface area contributed by atoms with Crippen molar-refractivity contribution in [3.63, 3.8) is 0 Å². The van der Waals surface area contributed by atoms with Gasteiger partial charge in [-0.15, -0.1) is 0 Å². The molecule has 1 fully saturated rings. The van der Waals surface area contributed by atoms with Crippen LogP contribution in [0.3, 0.4) is 0 Å². The number of hydrogen-bond acceptors (Lipinski definition) is 5. The number of hydroxylamine groups is 1. The Morgan fingerprint density at radius 1 is 1.09 bits per heavy atom. The molecule has 0 heterocycles. The number of allylic oxidation sites excluding steroid dienone is 1. The van der Waals surface area contributed by atoms with Gasteiger partial charge in [-0.3, -0.25) is 10.0 Å². The zero-order chi connectivity index (χ0) is 23.4. The fourth-order valence-corrected chi connectivity index (χ4v) is 4.81. The van der Waals surface area contributed by atoms with Crippen LogP contribution in [0.15, 0.2) is 54.6 Å². The molecule has 1 amide bonds. The first-order chi connectivity index (χ1) is 15.2. The summed E-state index contributed by atoms with van der Waals surface area (Å²) in [4.78, 5) is 11.9. The van der Waals surface area contributed by atoms with E-state index >= 15 is 0 Å². The maximum atomic E-state index is 12.1. The van der Waals surface area contributed by atoms with Crippen LogP contribution >= 0.6 is 0 Å². The number of amides is 1. The van der Waals surface area contributed by atoms with Gasteiger partial charge in [0.15, 0.2) is 9.84 Å². The Labute approximate surface area is 189 Å². The number of benzene rings is 2. The third-order valence-electron chi connectivity index (χ3n) is 6.58. The highest BCUT2D eigenvalue weighted by Crippen LogP contribution is 2.34. The summed E-state index contributed by atoms with van der Waals surface area (Å²) in [5, 5.41) is 18.0. The SMILES string of the molecule is CC(CCc1ccc(-c2ccc(C=CC3CC(CO)C3)cc2)cc1)(C(=O)NO)S(C)(=O)=O. The molecule has 0 spiro atoms. The molecule has 0 radical (unpaired) electrons. The summed E-state index contributed by atoms with van der Waals surface area (Å²) in [6, 6.07) is 16.1. The summed E-state index contributed by atoms with van der Waals surface area (Å²) in [5.41, 5.74) is 5.66. The van der Waals surface area contributed by atoms with Crippen LogP contribution in [-0.4, -0.2) is 42.2 Å². The Balaban J connectivity index is 1.61. The van der Waals surface area contributed by atoms with Crippen molar-refractivity contribution in [2.24, 2.45) is 11.8 Å². The molecule has 1 atom stereocenters. The second-order valence-corrected chi connectivity index (χ2v) is 11.3. The first kappa shape index (κ1) is 24.2. The quantitative estimate of drug-likeness (QED) is 0.394. The number of carbonyl (C=O) groups excluding carboxylic acids is 1. The fraction of sp³-hybridized carbons (Fsp3) is 0.400. The van der Waals surface area contributed by atoms with E-state index in [1.165, 1.54) is 12.4 Å². The minimum absolute atomic E-state index is 0.0681. The summed E-state index contributed by atoms with van der Waals surface area (Å²) >= 11 is 0. The lowest BCUT2D eigenvalue weighted by Gasteiger charge is -2.31. The zero-order valence-corrected chi connectivity index (χ0v) is 19.3. The normalized spacial score (nSPS) is 20.5. The van der Waals surface area contributed by atoms with E-state index in [9.17, 15) is 13.2 Å². The lowest BCUT2D eigenvalue weighted by atomic mass is 9.75. The first-order valence-electron chi connectivity index (χ1n) is 10.8. The van der Waals surface area contributed by atoms with Gasteiger partial charge in [-0.05, 0) is 66.7 Å². The van der Waals surface area contributed by atoms with Gasteiger partial charge in [-0.25, -0.2) is 13.9 Å². The fourth-order valence-electron chi connectivity index (χ4n) is 3.96. The molecule has 32 heavy (non-hydrogen) atoms. The van der Waals surface area contributed by atoms with Crippen LogP contribution in [0.4, 0.5) is 0 Å². The predicted molar refractivity (Wildman–Crippen MR) is 126 cm³/mol. The lowest BCUT2D eigenvalue weighted by molar-refractivity contribution is -0.131. The van der Waals surface area contributed by atoms with Gasteiger partial charge in [0.05, 0.1) is 0 Å². The molecular weight excluding hydrogens is 426 g/mol. The standard InChI is InChI=1S/C25H31NO5S/c1-25(24(28)26-29,32(2,30)31)14-13-19-7-11-23(12-8-19)22-9-5-18(6-10-22)3-4-20-15-21(16-20)17-27/h3-12,20-21,27,29H,13-17H2,1-2H3,(H,26,28). The van der Waals surface area contributed by atoms with Crippen molar-refractivity contribution in [1.82, 2.24) is 5.48 Å². The minimum atomic E-state index is -3.70. The molecule has 2 aromatic carbocycles. The van der Waals surface area contributed by atoms with E-state index in [-0.39, 0.29) is 13.0 Å². The molecule has 0 aromatic heterocycles. The maximum absolute atomic E-state index is 12.1. The number of aliphatic hydroxyl groups excluding tert-OH is 1. The third-order valence-corrected chi connectivity index (χ3v) is 8.61. The minimum Gasteiger partial charge on any atom is -0.396 e. The van der Waals surface area contributed by atoms with E-state index in [1.807, 2.05) is 24.3 Å². The summed E-state index contributed by atoms with van der Waals surface area (Å²) < 4.78 is 22.5. The van der Waals surface area contributed by atoms with Gasteiger partial charge in [0.25, 0.3) is 5.91 Å².